The third kappa shape index (κ3) is 4.31. The number of nitrogens with zero attached hydrogens (tertiary/aromatic N) is 1. The molecule has 2 heterocycles. The van der Waals surface area contributed by atoms with Crippen molar-refractivity contribution in [2.24, 2.45) is 0 Å². The summed E-state index contributed by atoms with van der Waals surface area (Å²) in [5.74, 6) is 0.108. The molecule has 1 saturated heterocycles. The average Bonchev–Trinajstić information content (AvgIpc) is 3.06. The van der Waals surface area contributed by atoms with Gasteiger partial charge < -0.3 is 19.9 Å². The van der Waals surface area contributed by atoms with Gasteiger partial charge in [-0.05, 0) is 11.6 Å². The van der Waals surface area contributed by atoms with Gasteiger partial charge in [-0.15, -0.1) is 0 Å². The normalized spacial score (nSPS) is 19.9. The molecular formula is C18H20N2O4. The zero-order chi connectivity index (χ0) is 16.8. The van der Waals surface area contributed by atoms with Crippen LogP contribution < -0.4 is 10.1 Å². The first-order valence-corrected chi connectivity index (χ1v) is 7.86. The third-order valence-electron chi connectivity index (χ3n) is 3.89. The van der Waals surface area contributed by atoms with Gasteiger partial charge in [-0.1, -0.05) is 30.3 Å². The van der Waals surface area contributed by atoms with E-state index >= 15 is 0 Å². The number of pyridine rings is 1. The van der Waals surface area contributed by atoms with Crippen LogP contribution in [-0.4, -0.2) is 41.4 Å². The number of hydrogen-bond acceptors (Lipinski definition) is 5. The lowest BCUT2D eigenvalue weighted by Crippen LogP contribution is -2.43. The maximum absolute atomic E-state index is 12.2. The topological polar surface area (TPSA) is 80.7 Å². The van der Waals surface area contributed by atoms with Gasteiger partial charge in [0.15, 0.2) is 0 Å². The maximum atomic E-state index is 12.2. The number of carbonyl (C=O) groups excluding carboxylic acids is 1. The summed E-state index contributed by atoms with van der Waals surface area (Å²) in [6, 6.07) is 12.9. The number of nitrogens with one attached hydrogen (secondary N) is 1. The summed E-state index contributed by atoms with van der Waals surface area (Å²) in [4.78, 5) is 16.3. The molecule has 3 rings (SSSR count). The minimum atomic E-state index is -0.977. The molecule has 1 amide bonds. The fraction of sp³-hybridized carbons (Fsp3) is 0.333. The second kappa shape index (κ2) is 7.42. The molecule has 6 heteroatoms. The Labute approximate surface area is 140 Å². The van der Waals surface area contributed by atoms with E-state index in [1.807, 2.05) is 30.3 Å². The lowest BCUT2D eigenvalue weighted by molar-refractivity contribution is 0.0264. The third-order valence-corrected chi connectivity index (χ3v) is 3.89. The number of rotatable bonds is 6. The van der Waals surface area contributed by atoms with E-state index in [0.717, 1.165) is 5.56 Å². The minimum Gasteiger partial charge on any atom is -0.473 e. The molecule has 0 saturated carbocycles. The van der Waals surface area contributed by atoms with Crippen LogP contribution in [-0.2, 0) is 11.3 Å². The Balaban J connectivity index is 1.56. The monoisotopic (exact) mass is 328 g/mol. The highest BCUT2D eigenvalue weighted by Gasteiger charge is 2.32. The van der Waals surface area contributed by atoms with Gasteiger partial charge in [0.2, 0.25) is 5.88 Å². The van der Waals surface area contributed by atoms with E-state index in [4.69, 9.17) is 9.47 Å². The van der Waals surface area contributed by atoms with E-state index in [9.17, 15) is 9.90 Å². The lowest BCUT2D eigenvalue weighted by Gasteiger charge is -2.20. The Morgan fingerprint density at radius 2 is 2.17 bits per heavy atom. The summed E-state index contributed by atoms with van der Waals surface area (Å²) in [5, 5.41) is 12.9. The van der Waals surface area contributed by atoms with Crippen LogP contribution >= 0.6 is 0 Å². The molecule has 126 valence electrons. The van der Waals surface area contributed by atoms with Gasteiger partial charge in [-0.25, -0.2) is 4.98 Å². The Morgan fingerprint density at radius 3 is 2.92 bits per heavy atom. The Kier molecular flexibility index (Phi) is 5.08. The van der Waals surface area contributed by atoms with E-state index in [0.29, 0.717) is 31.1 Å². The van der Waals surface area contributed by atoms with Crippen LogP contribution in [0, 0.1) is 0 Å². The van der Waals surface area contributed by atoms with Crippen molar-refractivity contribution in [1.82, 2.24) is 10.3 Å². The number of aromatic nitrogens is 1. The van der Waals surface area contributed by atoms with Crippen molar-refractivity contribution in [3.63, 3.8) is 0 Å². The molecule has 1 aromatic heterocycles. The lowest BCUT2D eigenvalue weighted by atomic mass is 10.0. The van der Waals surface area contributed by atoms with Gasteiger partial charge in [0, 0.05) is 37.4 Å². The molecule has 6 nitrogen and oxygen atoms in total. The molecule has 24 heavy (non-hydrogen) atoms. The number of amides is 1. The Bertz CT molecular complexity index is 684. The van der Waals surface area contributed by atoms with Gasteiger partial charge in [0.1, 0.15) is 12.2 Å². The highest BCUT2D eigenvalue weighted by atomic mass is 16.5. The van der Waals surface area contributed by atoms with Crippen molar-refractivity contribution in [3.8, 4) is 5.88 Å². The average molecular weight is 328 g/mol. The number of carbonyl (C=O) groups is 1. The molecule has 2 N–H and O–H groups in total. The van der Waals surface area contributed by atoms with Crippen LogP contribution in [0.2, 0.25) is 0 Å². The molecule has 1 aliphatic rings. The smallest absolute Gasteiger partial charge is 0.251 e. The van der Waals surface area contributed by atoms with E-state index in [2.05, 4.69) is 10.3 Å². The molecule has 0 aliphatic carbocycles. The predicted molar refractivity (Wildman–Crippen MR) is 87.7 cm³/mol. The molecule has 1 unspecified atom stereocenters. The standard InChI is InChI=1S/C18H20N2O4/c21-17(20-12-18(22)7-9-23-13-18)15-6-8-19-16(10-15)24-11-14-4-2-1-3-5-14/h1-6,8,10,22H,7,9,11-13H2,(H,20,21). The first-order valence-electron chi connectivity index (χ1n) is 7.86. The zero-order valence-corrected chi connectivity index (χ0v) is 13.3. The second-order valence-corrected chi connectivity index (χ2v) is 5.87. The summed E-state index contributed by atoms with van der Waals surface area (Å²) in [5.41, 5.74) is 0.489. The minimum absolute atomic E-state index is 0.161. The van der Waals surface area contributed by atoms with Crippen LogP contribution in [0.5, 0.6) is 5.88 Å². The van der Waals surface area contributed by atoms with Crippen molar-refractivity contribution in [2.45, 2.75) is 18.6 Å². The SMILES string of the molecule is O=C(NCC1(O)CCOC1)c1ccnc(OCc2ccccc2)c1. The van der Waals surface area contributed by atoms with Crippen LogP contribution in [0.3, 0.4) is 0 Å². The number of aliphatic hydroxyl groups is 1. The zero-order valence-electron chi connectivity index (χ0n) is 13.3. The molecule has 1 atom stereocenters. The van der Waals surface area contributed by atoms with Crippen molar-refractivity contribution in [2.75, 3.05) is 19.8 Å². The number of ether oxygens (including phenoxy) is 2. The highest BCUT2D eigenvalue weighted by Crippen LogP contribution is 2.17. The Morgan fingerprint density at radius 1 is 1.33 bits per heavy atom. The predicted octanol–water partition coefficient (Wildman–Crippen LogP) is 1.54. The van der Waals surface area contributed by atoms with Crippen molar-refractivity contribution in [1.29, 1.82) is 0 Å². The molecular weight excluding hydrogens is 308 g/mol. The fourth-order valence-electron chi connectivity index (χ4n) is 2.44. The summed E-state index contributed by atoms with van der Waals surface area (Å²) >= 11 is 0. The van der Waals surface area contributed by atoms with E-state index in [1.165, 1.54) is 6.20 Å². The van der Waals surface area contributed by atoms with E-state index in [-0.39, 0.29) is 19.1 Å². The molecule has 2 aromatic rings. The molecule has 1 aromatic carbocycles. The summed E-state index contributed by atoms with van der Waals surface area (Å²) in [7, 11) is 0. The molecule has 0 bridgehead atoms. The quantitative estimate of drug-likeness (QED) is 0.841. The molecule has 0 spiro atoms. The second-order valence-electron chi connectivity index (χ2n) is 5.87. The Hall–Kier alpha value is -2.44. The first-order chi connectivity index (χ1) is 11.6. The van der Waals surface area contributed by atoms with E-state index in [1.54, 1.807) is 12.1 Å². The van der Waals surface area contributed by atoms with E-state index < -0.39 is 5.60 Å². The summed E-state index contributed by atoms with van der Waals surface area (Å²) in [6.45, 7) is 1.30. The molecule has 0 radical (unpaired) electrons. The maximum Gasteiger partial charge on any atom is 0.251 e. The number of benzene rings is 1. The summed E-state index contributed by atoms with van der Waals surface area (Å²) < 4.78 is 10.8. The van der Waals surface area contributed by atoms with Crippen molar-refractivity contribution in [3.05, 3.63) is 59.8 Å². The number of hydrogen-bond donors (Lipinski definition) is 2. The largest absolute Gasteiger partial charge is 0.473 e. The van der Waals surface area contributed by atoms with Crippen LogP contribution in [0.4, 0.5) is 0 Å². The molecule has 1 aliphatic heterocycles. The van der Waals surface area contributed by atoms with Crippen LogP contribution in [0.1, 0.15) is 22.3 Å². The highest BCUT2D eigenvalue weighted by molar-refractivity contribution is 5.94. The van der Waals surface area contributed by atoms with Crippen LogP contribution in [0.15, 0.2) is 48.7 Å². The van der Waals surface area contributed by atoms with Gasteiger partial charge in [-0.3, -0.25) is 4.79 Å². The first kappa shape index (κ1) is 16.4. The summed E-state index contributed by atoms with van der Waals surface area (Å²) in [6.07, 6.45) is 2.05. The van der Waals surface area contributed by atoms with Crippen molar-refractivity contribution < 1.29 is 19.4 Å². The van der Waals surface area contributed by atoms with Gasteiger partial charge >= 0.3 is 0 Å². The van der Waals surface area contributed by atoms with Crippen LogP contribution in [0.25, 0.3) is 0 Å². The van der Waals surface area contributed by atoms with Gasteiger partial charge in [-0.2, -0.15) is 0 Å². The van der Waals surface area contributed by atoms with Gasteiger partial charge in [0.05, 0.1) is 6.61 Å². The fourth-order valence-corrected chi connectivity index (χ4v) is 2.44. The molecule has 1 fully saturated rings. The van der Waals surface area contributed by atoms with Gasteiger partial charge in [0.25, 0.3) is 5.91 Å². The van der Waals surface area contributed by atoms with Crippen molar-refractivity contribution >= 4 is 5.91 Å².